The van der Waals surface area contributed by atoms with Crippen LogP contribution in [0.3, 0.4) is 0 Å². The highest BCUT2D eigenvalue weighted by Gasteiger charge is 2.30. The van der Waals surface area contributed by atoms with Crippen LogP contribution in [0.25, 0.3) is 0 Å². The number of sulfonamides is 1. The minimum atomic E-state index is -3.61. The van der Waals surface area contributed by atoms with Crippen molar-refractivity contribution in [3.8, 4) is 0 Å². The summed E-state index contributed by atoms with van der Waals surface area (Å²) in [7, 11) is -3.61. The largest absolute Gasteiger partial charge is 0.455 e. The maximum atomic E-state index is 12.6. The molecule has 1 aliphatic heterocycles. The molecule has 0 aromatic heterocycles. The number of amides is 1. The molecule has 1 fully saturated rings. The number of benzene rings is 1. The fourth-order valence-electron chi connectivity index (χ4n) is 2.32. The van der Waals surface area contributed by atoms with Gasteiger partial charge in [-0.15, -0.1) is 0 Å². The highest BCUT2D eigenvalue weighted by Crippen LogP contribution is 2.19. The first-order valence-electron chi connectivity index (χ1n) is 7.92. The van der Waals surface area contributed by atoms with Crippen LogP contribution in [0.4, 0.5) is 0 Å². The van der Waals surface area contributed by atoms with Crippen molar-refractivity contribution in [3.05, 3.63) is 29.3 Å². The molecule has 1 amide bonds. The molecule has 0 saturated carbocycles. The average molecular weight is 389 g/mol. The van der Waals surface area contributed by atoms with E-state index in [4.69, 9.17) is 16.3 Å². The predicted molar refractivity (Wildman–Crippen MR) is 92.6 cm³/mol. The van der Waals surface area contributed by atoms with Crippen molar-refractivity contribution in [2.45, 2.75) is 18.7 Å². The average Bonchev–Trinajstić information content (AvgIpc) is 2.59. The van der Waals surface area contributed by atoms with Gasteiger partial charge < -0.3 is 9.64 Å². The van der Waals surface area contributed by atoms with Gasteiger partial charge in [-0.2, -0.15) is 4.31 Å². The quantitative estimate of drug-likeness (QED) is 0.711. The van der Waals surface area contributed by atoms with Gasteiger partial charge in [0.2, 0.25) is 10.0 Å². The van der Waals surface area contributed by atoms with E-state index in [1.54, 1.807) is 13.8 Å². The van der Waals surface area contributed by atoms with Gasteiger partial charge in [-0.25, -0.2) is 8.42 Å². The Morgan fingerprint density at radius 3 is 2.20 bits per heavy atom. The van der Waals surface area contributed by atoms with Gasteiger partial charge in [0, 0.05) is 31.2 Å². The topological polar surface area (TPSA) is 84.0 Å². The fourth-order valence-corrected chi connectivity index (χ4v) is 3.87. The zero-order valence-corrected chi connectivity index (χ0v) is 15.7. The molecule has 0 N–H and O–H groups in total. The lowest BCUT2D eigenvalue weighted by atomic mass is 10.2. The number of rotatable bonds is 5. The second-order valence-corrected chi connectivity index (χ2v) is 8.38. The van der Waals surface area contributed by atoms with E-state index in [0.29, 0.717) is 5.02 Å². The third-order valence-corrected chi connectivity index (χ3v) is 6.02. The summed E-state index contributed by atoms with van der Waals surface area (Å²) in [6, 6.07) is 5.97. The smallest absolute Gasteiger partial charge is 0.308 e. The van der Waals surface area contributed by atoms with Crippen molar-refractivity contribution in [2.24, 2.45) is 5.92 Å². The summed E-state index contributed by atoms with van der Waals surface area (Å²) in [5.74, 6) is -1.05. The highest BCUT2D eigenvalue weighted by molar-refractivity contribution is 7.89. The van der Waals surface area contributed by atoms with E-state index >= 15 is 0 Å². The van der Waals surface area contributed by atoms with Gasteiger partial charge in [0.1, 0.15) is 0 Å². The van der Waals surface area contributed by atoms with E-state index in [9.17, 15) is 18.0 Å². The van der Waals surface area contributed by atoms with Crippen molar-refractivity contribution in [2.75, 3.05) is 32.8 Å². The molecule has 0 aliphatic carbocycles. The van der Waals surface area contributed by atoms with Crippen LogP contribution in [0, 0.1) is 5.92 Å². The van der Waals surface area contributed by atoms with E-state index in [2.05, 4.69) is 0 Å². The van der Waals surface area contributed by atoms with E-state index in [1.165, 1.54) is 33.5 Å². The van der Waals surface area contributed by atoms with Gasteiger partial charge >= 0.3 is 5.97 Å². The summed E-state index contributed by atoms with van der Waals surface area (Å²) < 4.78 is 31.4. The van der Waals surface area contributed by atoms with Crippen LogP contribution >= 0.6 is 11.6 Å². The Balaban J connectivity index is 1.91. The molecule has 0 unspecified atom stereocenters. The summed E-state index contributed by atoms with van der Waals surface area (Å²) in [5, 5.41) is 0.463. The molecule has 1 heterocycles. The molecule has 1 aromatic carbocycles. The van der Waals surface area contributed by atoms with Gasteiger partial charge in [0.05, 0.1) is 10.8 Å². The van der Waals surface area contributed by atoms with Gasteiger partial charge in [0.25, 0.3) is 5.91 Å². The van der Waals surface area contributed by atoms with Gasteiger partial charge in [-0.3, -0.25) is 9.59 Å². The normalized spacial score (nSPS) is 16.1. The molecular weight excluding hydrogens is 368 g/mol. The Hall–Kier alpha value is -1.64. The molecule has 1 aliphatic rings. The van der Waals surface area contributed by atoms with E-state index < -0.39 is 16.0 Å². The third-order valence-electron chi connectivity index (χ3n) is 3.85. The lowest BCUT2D eigenvalue weighted by Crippen LogP contribution is -2.51. The number of carbonyl (C=O) groups is 2. The monoisotopic (exact) mass is 388 g/mol. The van der Waals surface area contributed by atoms with Gasteiger partial charge in [-0.05, 0) is 24.3 Å². The summed E-state index contributed by atoms with van der Waals surface area (Å²) >= 11 is 5.78. The maximum absolute atomic E-state index is 12.6. The van der Waals surface area contributed by atoms with E-state index in [0.717, 1.165) is 0 Å². The Bertz CT molecular complexity index is 725. The van der Waals surface area contributed by atoms with Gasteiger partial charge in [0.15, 0.2) is 6.61 Å². The Kier molecular flexibility index (Phi) is 6.42. The number of carbonyl (C=O) groups excluding carboxylic acids is 2. The zero-order valence-electron chi connectivity index (χ0n) is 14.1. The van der Waals surface area contributed by atoms with Crippen LogP contribution in [0.15, 0.2) is 29.2 Å². The molecule has 2 rings (SSSR count). The van der Waals surface area contributed by atoms with Crippen LogP contribution in [-0.4, -0.2) is 62.3 Å². The lowest BCUT2D eigenvalue weighted by Gasteiger charge is -2.33. The van der Waals surface area contributed by atoms with Crippen molar-refractivity contribution < 1.29 is 22.7 Å². The number of esters is 1. The Labute approximate surface area is 152 Å². The summed E-state index contributed by atoms with van der Waals surface area (Å²) in [6.45, 7) is 3.95. The summed E-state index contributed by atoms with van der Waals surface area (Å²) in [6.07, 6.45) is 0. The highest BCUT2D eigenvalue weighted by atomic mass is 35.5. The van der Waals surface area contributed by atoms with Crippen LogP contribution in [0.2, 0.25) is 5.02 Å². The first kappa shape index (κ1) is 19.7. The number of hydrogen-bond donors (Lipinski definition) is 0. The molecular formula is C16H21ClN2O5S. The molecule has 1 aromatic rings. The number of hydrogen-bond acceptors (Lipinski definition) is 5. The van der Waals surface area contributed by atoms with Crippen LogP contribution < -0.4 is 0 Å². The number of piperazine rings is 1. The van der Waals surface area contributed by atoms with Crippen molar-refractivity contribution in [1.29, 1.82) is 0 Å². The number of ether oxygens (including phenoxy) is 1. The van der Waals surface area contributed by atoms with Crippen LogP contribution in [0.1, 0.15) is 13.8 Å². The SMILES string of the molecule is CC(C)C(=O)OCC(=O)N1CCN(S(=O)(=O)c2ccc(Cl)cc2)CC1. The molecule has 7 nitrogen and oxygen atoms in total. The molecule has 138 valence electrons. The predicted octanol–water partition coefficient (Wildman–Crippen LogP) is 1.37. The first-order chi connectivity index (χ1) is 11.7. The zero-order chi connectivity index (χ0) is 18.6. The molecule has 0 radical (unpaired) electrons. The molecule has 0 bridgehead atoms. The van der Waals surface area contributed by atoms with Crippen molar-refractivity contribution in [3.63, 3.8) is 0 Å². The molecule has 0 atom stereocenters. The Morgan fingerprint density at radius 2 is 1.68 bits per heavy atom. The fraction of sp³-hybridized carbons (Fsp3) is 0.500. The molecule has 25 heavy (non-hydrogen) atoms. The standard InChI is InChI=1S/C16H21ClN2O5S/c1-12(2)16(21)24-11-15(20)18-7-9-19(10-8-18)25(22,23)14-5-3-13(17)4-6-14/h3-6,12H,7-11H2,1-2H3. The minimum Gasteiger partial charge on any atom is -0.455 e. The van der Waals surface area contributed by atoms with Crippen molar-refractivity contribution >= 4 is 33.5 Å². The Morgan fingerprint density at radius 1 is 1.12 bits per heavy atom. The van der Waals surface area contributed by atoms with Crippen LogP contribution in [-0.2, 0) is 24.3 Å². The maximum Gasteiger partial charge on any atom is 0.308 e. The second-order valence-electron chi connectivity index (χ2n) is 6.00. The third kappa shape index (κ3) is 4.93. The minimum absolute atomic E-state index is 0.169. The molecule has 1 saturated heterocycles. The lowest BCUT2D eigenvalue weighted by molar-refractivity contribution is -0.155. The summed E-state index contributed by atoms with van der Waals surface area (Å²) in [4.78, 5) is 25.1. The second kappa shape index (κ2) is 8.16. The van der Waals surface area contributed by atoms with E-state index in [1.807, 2.05) is 0 Å². The number of halogens is 1. The first-order valence-corrected chi connectivity index (χ1v) is 9.73. The van der Waals surface area contributed by atoms with Gasteiger partial charge in [-0.1, -0.05) is 25.4 Å². The molecule has 9 heteroatoms. The summed E-state index contributed by atoms with van der Waals surface area (Å²) in [5.41, 5.74) is 0. The molecule has 0 spiro atoms. The van der Waals surface area contributed by atoms with E-state index in [-0.39, 0.29) is 49.5 Å². The van der Waals surface area contributed by atoms with Crippen LogP contribution in [0.5, 0.6) is 0 Å². The number of nitrogens with zero attached hydrogens (tertiary/aromatic N) is 2. The van der Waals surface area contributed by atoms with Crippen molar-refractivity contribution in [1.82, 2.24) is 9.21 Å².